The summed E-state index contributed by atoms with van der Waals surface area (Å²) >= 11 is 0. The van der Waals surface area contributed by atoms with Gasteiger partial charge in [0.1, 0.15) is 0 Å². The first kappa shape index (κ1) is 18.4. The van der Waals surface area contributed by atoms with Crippen LogP contribution in [0.5, 0.6) is 0 Å². The number of carbonyl (C=O) groups is 1. The topological polar surface area (TPSA) is 35.5 Å². The molecule has 0 aliphatic heterocycles. The molecule has 1 aliphatic rings. The third kappa shape index (κ3) is 4.23. The number of hydrogen-bond donors (Lipinski definition) is 0. The maximum atomic E-state index is 11.8. The Labute approximate surface area is 155 Å². The molecule has 0 radical (unpaired) electrons. The van der Waals surface area contributed by atoms with Crippen LogP contribution in [0.1, 0.15) is 48.7 Å². The lowest BCUT2D eigenvalue weighted by atomic mass is 9.90. The number of carbonyl (C=O) groups excluding carboxylic acids is 1. The van der Waals surface area contributed by atoms with E-state index < -0.39 is 0 Å². The van der Waals surface area contributed by atoms with Gasteiger partial charge in [0.25, 0.3) is 0 Å². The molecule has 0 heterocycles. The van der Waals surface area contributed by atoms with Crippen molar-refractivity contribution in [1.82, 2.24) is 0 Å². The number of hydrogen-bond acceptors (Lipinski definition) is 3. The third-order valence-corrected chi connectivity index (χ3v) is 4.84. The summed E-state index contributed by atoms with van der Waals surface area (Å²) < 4.78 is 11.3. The summed E-state index contributed by atoms with van der Waals surface area (Å²) in [5, 5.41) is 0. The predicted octanol–water partition coefficient (Wildman–Crippen LogP) is 5.26. The molecule has 0 bridgehead atoms. The zero-order valence-corrected chi connectivity index (χ0v) is 15.7. The molecule has 2 aromatic carbocycles. The first-order chi connectivity index (χ1) is 12.5. The minimum atomic E-state index is -0.274. The second-order valence-electron chi connectivity index (χ2n) is 7.28. The van der Waals surface area contributed by atoms with Crippen molar-refractivity contribution in [3.05, 3.63) is 77.4 Å². The molecule has 0 amide bonds. The van der Waals surface area contributed by atoms with Gasteiger partial charge in [-0.25, -0.2) is 4.79 Å². The standard InChI is InChI=1S/C23H26O3/c1-4-25-22(24)19-12-10-18(11-13-19)20-14-21(23(2,3)15-20)26-16-17-8-6-5-7-9-17/h5-13,15,21H,4,14,16H2,1-3H3/t21-/m0/s1. The van der Waals surface area contributed by atoms with Crippen molar-refractivity contribution in [2.45, 2.75) is 39.9 Å². The molecular formula is C23H26O3. The van der Waals surface area contributed by atoms with Crippen molar-refractivity contribution in [1.29, 1.82) is 0 Å². The average Bonchev–Trinajstić information content (AvgIpc) is 2.95. The van der Waals surface area contributed by atoms with Crippen molar-refractivity contribution >= 4 is 11.5 Å². The van der Waals surface area contributed by atoms with Crippen molar-refractivity contribution in [3.63, 3.8) is 0 Å². The van der Waals surface area contributed by atoms with Gasteiger partial charge in [-0.2, -0.15) is 0 Å². The van der Waals surface area contributed by atoms with Crippen LogP contribution < -0.4 is 0 Å². The monoisotopic (exact) mass is 350 g/mol. The molecule has 0 fully saturated rings. The fourth-order valence-electron chi connectivity index (χ4n) is 3.34. The Balaban J connectivity index is 1.67. The molecular weight excluding hydrogens is 324 g/mol. The van der Waals surface area contributed by atoms with Crippen LogP contribution in [0, 0.1) is 5.41 Å². The van der Waals surface area contributed by atoms with Gasteiger partial charge in [0.15, 0.2) is 0 Å². The van der Waals surface area contributed by atoms with Gasteiger partial charge in [0.2, 0.25) is 0 Å². The summed E-state index contributed by atoms with van der Waals surface area (Å²) in [6.07, 6.45) is 3.31. The third-order valence-electron chi connectivity index (χ3n) is 4.84. The zero-order valence-electron chi connectivity index (χ0n) is 15.7. The molecule has 0 aromatic heterocycles. The zero-order chi connectivity index (χ0) is 18.6. The van der Waals surface area contributed by atoms with E-state index in [1.165, 1.54) is 11.1 Å². The average molecular weight is 350 g/mol. The summed E-state index contributed by atoms with van der Waals surface area (Å²) in [5.74, 6) is -0.274. The van der Waals surface area contributed by atoms with Crippen LogP contribution in [-0.2, 0) is 16.1 Å². The molecule has 0 saturated heterocycles. The molecule has 3 rings (SSSR count). The lowest BCUT2D eigenvalue weighted by molar-refractivity contribution is -0.00576. The lowest BCUT2D eigenvalue weighted by Crippen LogP contribution is -2.26. The quantitative estimate of drug-likeness (QED) is 0.667. The van der Waals surface area contributed by atoms with Gasteiger partial charge in [0, 0.05) is 5.41 Å². The van der Waals surface area contributed by atoms with Crippen LogP contribution in [0.15, 0.2) is 60.7 Å². The van der Waals surface area contributed by atoms with Gasteiger partial charge < -0.3 is 9.47 Å². The summed E-state index contributed by atoms with van der Waals surface area (Å²) in [6, 6.07) is 17.9. The van der Waals surface area contributed by atoms with Gasteiger partial charge in [-0.1, -0.05) is 62.4 Å². The normalized spacial score (nSPS) is 18.4. The fourth-order valence-corrected chi connectivity index (χ4v) is 3.34. The van der Waals surface area contributed by atoms with Crippen LogP contribution in [0.4, 0.5) is 0 Å². The van der Waals surface area contributed by atoms with Crippen LogP contribution in [0.25, 0.3) is 5.57 Å². The molecule has 2 aromatic rings. The van der Waals surface area contributed by atoms with E-state index in [-0.39, 0.29) is 17.5 Å². The van der Waals surface area contributed by atoms with Crippen molar-refractivity contribution in [2.75, 3.05) is 6.61 Å². The Hall–Kier alpha value is -2.39. The van der Waals surface area contributed by atoms with Gasteiger partial charge >= 0.3 is 5.97 Å². The number of rotatable bonds is 6. The predicted molar refractivity (Wildman–Crippen MR) is 104 cm³/mol. The highest BCUT2D eigenvalue weighted by molar-refractivity contribution is 5.89. The van der Waals surface area contributed by atoms with Gasteiger partial charge in [0.05, 0.1) is 24.9 Å². The second kappa shape index (κ2) is 7.88. The van der Waals surface area contributed by atoms with Crippen LogP contribution in [0.3, 0.4) is 0 Å². The van der Waals surface area contributed by atoms with Crippen molar-refractivity contribution in [3.8, 4) is 0 Å². The minimum absolute atomic E-state index is 0.0239. The SMILES string of the molecule is CCOC(=O)c1ccc(C2=CC(C)(C)[C@@H](OCc3ccccc3)C2)cc1. The molecule has 0 saturated carbocycles. The highest BCUT2D eigenvalue weighted by Crippen LogP contribution is 2.42. The van der Waals surface area contributed by atoms with Crippen LogP contribution in [-0.4, -0.2) is 18.7 Å². The highest BCUT2D eigenvalue weighted by Gasteiger charge is 2.35. The molecule has 0 unspecified atom stereocenters. The number of ether oxygens (including phenoxy) is 2. The molecule has 0 spiro atoms. The first-order valence-electron chi connectivity index (χ1n) is 9.14. The summed E-state index contributed by atoms with van der Waals surface area (Å²) in [5.41, 5.74) is 4.16. The molecule has 26 heavy (non-hydrogen) atoms. The summed E-state index contributed by atoms with van der Waals surface area (Å²) in [4.78, 5) is 11.8. The van der Waals surface area contributed by atoms with E-state index in [0.717, 1.165) is 12.0 Å². The van der Waals surface area contributed by atoms with E-state index in [9.17, 15) is 4.79 Å². The van der Waals surface area contributed by atoms with E-state index in [1.54, 1.807) is 0 Å². The molecule has 1 atom stereocenters. The van der Waals surface area contributed by atoms with Crippen LogP contribution in [0.2, 0.25) is 0 Å². The molecule has 3 heteroatoms. The summed E-state index contributed by atoms with van der Waals surface area (Å²) in [7, 11) is 0. The maximum absolute atomic E-state index is 11.8. The van der Waals surface area contributed by atoms with E-state index in [2.05, 4.69) is 32.1 Å². The first-order valence-corrected chi connectivity index (χ1v) is 9.14. The van der Waals surface area contributed by atoms with E-state index in [4.69, 9.17) is 9.47 Å². The van der Waals surface area contributed by atoms with Crippen molar-refractivity contribution in [2.24, 2.45) is 5.41 Å². The van der Waals surface area contributed by atoms with Crippen molar-refractivity contribution < 1.29 is 14.3 Å². The second-order valence-corrected chi connectivity index (χ2v) is 7.28. The van der Waals surface area contributed by atoms with E-state index in [0.29, 0.717) is 18.8 Å². The smallest absolute Gasteiger partial charge is 0.338 e. The fraction of sp³-hybridized carbons (Fsp3) is 0.348. The molecule has 136 valence electrons. The van der Waals surface area contributed by atoms with Gasteiger partial charge in [-0.15, -0.1) is 0 Å². The molecule has 0 N–H and O–H groups in total. The number of benzene rings is 2. The van der Waals surface area contributed by atoms with E-state index in [1.807, 2.05) is 49.4 Å². The Morgan fingerprint density at radius 1 is 1.08 bits per heavy atom. The lowest BCUT2D eigenvalue weighted by Gasteiger charge is -2.26. The number of esters is 1. The van der Waals surface area contributed by atoms with Crippen LogP contribution >= 0.6 is 0 Å². The Morgan fingerprint density at radius 3 is 2.42 bits per heavy atom. The summed E-state index contributed by atoms with van der Waals surface area (Å²) in [6.45, 7) is 7.25. The van der Waals surface area contributed by atoms with Gasteiger partial charge in [-0.3, -0.25) is 0 Å². The minimum Gasteiger partial charge on any atom is -0.462 e. The maximum Gasteiger partial charge on any atom is 0.338 e. The highest BCUT2D eigenvalue weighted by atomic mass is 16.5. The largest absolute Gasteiger partial charge is 0.462 e. The van der Waals surface area contributed by atoms with E-state index >= 15 is 0 Å². The Bertz CT molecular complexity index is 773. The Morgan fingerprint density at radius 2 is 1.77 bits per heavy atom. The Kier molecular flexibility index (Phi) is 5.58. The van der Waals surface area contributed by atoms with Gasteiger partial charge in [-0.05, 0) is 42.2 Å². The molecule has 3 nitrogen and oxygen atoms in total. The molecule has 1 aliphatic carbocycles.